The lowest BCUT2D eigenvalue weighted by Gasteiger charge is -2.14. The summed E-state index contributed by atoms with van der Waals surface area (Å²) in [6, 6.07) is 7.80. The molecule has 1 aliphatic heterocycles. The van der Waals surface area contributed by atoms with Crippen LogP contribution in [0.15, 0.2) is 33.5 Å². The highest BCUT2D eigenvalue weighted by atomic mass is 16.4. The van der Waals surface area contributed by atoms with Crippen molar-refractivity contribution in [2.24, 2.45) is 5.73 Å². The van der Waals surface area contributed by atoms with Gasteiger partial charge in [-0.05, 0) is 25.1 Å². The molecule has 1 aliphatic rings. The van der Waals surface area contributed by atoms with Crippen molar-refractivity contribution in [1.29, 1.82) is 0 Å². The fraction of sp³-hybridized carbons (Fsp3) is 0.462. The van der Waals surface area contributed by atoms with Crippen molar-refractivity contribution < 1.29 is 4.42 Å². The standard InChI is InChI=1S/C13H17N3O2/c14-10-5-6-15(9-10)7-8-16-11-3-1-2-4-12(11)18-13(16)17/h1-4,10H,5-9,14H2. The highest BCUT2D eigenvalue weighted by molar-refractivity contribution is 5.72. The lowest BCUT2D eigenvalue weighted by molar-refractivity contribution is 0.314. The molecule has 2 aromatic rings. The van der Waals surface area contributed by atoms with Crippen LogP contribution in [0, 0.1) is 0 Å². The summed E-state index contributed by atoms with van der Waals surface area (Å²) in [6.45, 7) is 3.44. The highest BCUT2D eigenvalue weighted by Gasteiger charge is 2.19. The molecule has 1 aromatic carbocycles. The third-order valence-electron chi connectivity index (χ3n) is 3.52. The van der Waals surface area contributed by atoms with Crippen LogP contribution in [0.25, 0.3) is 11.1 Å². The molecular weight excluding hydrogens is 230 g/mol. The van der Waals surface area contributed by atoms with E-state index in [4.69, 9.17) is 10.2 Å². The van der Waals surface area contributed by atoms with Gasteiger partial charge in [-0.25, -0.2) is 4.79 Å². The van der Waals surface area contributed by atoms with Crippen LogP contribution < -0.4 is 11.5 Å². The SMILES string of the molecule is NC1CCN(CCn2c(=O)oc3ccccc32)C1. The number of para-hydroxylation sites is 2. The van der Waals surface area contributed by atoms with Crippen LogP contribution >= 0.6 is 0 Å². The van der Waals surface area contributed by atoms with Gasteiger partial charge in [-0.3, -0.25) is 9.47 Å². The molecule has 2 heterocycles. The minimum Gasteiger partial charge on any atom is -0.408 e. The monoisotopic (exact) mass is 247 g/mol. The van der Waals surface area contributed by atoms with E-state index in [1.807, 2.05) is 24.3 Å². The molecule has 1 aromatic heterocycles. The first-order valence-electron chi connectivity index (χ1n) is 6.30. The van der Waals surface area contributed by atoms with E-state index in [-0.39, 0.29) is 11.8 Å². The van der Waals surface area contributed by atoms with Gasteiger partial charge in [0.05, 0.1) is 5.52 Å². The summed E-state index contributed by atoms with van der Waals surface area (Å²) in [5.41, 5.74) is 7.39. The van der Waals surface area contributed by atoms with Crippen molar-refractivity contribution in [3.8, 4) is 0 Å². The molecule has 0 radical (unpaired) electrons. The predicted octanol–water partition coefficient (Wildman–Crippen LogP) is 0.628. The Kier molecular flexibility index (Phi) is 2.93. The molecule has 18 heavy (non-hydrogen) atoms. The summed E-state index contributed by atoms with van der Waals surface area (Å²) >= 11 is 0. The zero-order valence-corrected chi connectivity index (χ0v) is 10.2. The van der Waals surface area contributed by atoms with Crippen molar-refractivity contribution in [2.45, 2.75) is 19.0 Å². The zero-order chi connectivity index (χ0) is 12.5. The quantitative estimate of drug-likeness (QED) is 0.864. The molecule has 0 bridgehead atoms. The van der Waals surface area contributed by atoms with Gasteiger partial charge < -0.3 is 10.2 Å². The van der Waals surface area contributed by atoms with Gasteiger partial charge in [0.1, 0.15) is 0 Å². The molecule has 0 aliphatic carbocycles. The van der Waals surface area contributed by atoms with E-state index >= 15 is 0 Å². The Morgan fingerprint density at radius 1 is 1.33 bits per heavy atom. The van der Waals surface area contributed by atoms with Crippen LogP contribution in [-0.4, -0.2) is 35.1 Å². The molecule has 0 amide bonds. The molecular formula is C13H17N3O2. The minimum atomic E-state index is -0.278. The number of hydrogen-bond acceptors (Lipinski definition) is 4. The maximum absolute atomic E-state index is 11.8. The van der Waals surface area contributed by atoms with Gasteiger partial charge in [-0.15, -0.1) is 0 Å². The van der Waals surface area contributed by atoms with Crippen molar-refractivity contribution in [3.05, 3.63) is 34.8 Å². The molecule has 2 N–H and O–H groups in total. The summed E-state index contributed by atoms with van der Waals surface area (Å²) in [7, 11) is 0. The Labute approximate surface area is 105 Å². The second-order valence-corrected chi connectivity index (χ2v) is 4.84. The van der Waals surface area contributed by atoms with E-state index in [9.17, 15) is 4.79 Å². The Balaban J connectivity index is 1.78. The molecule has 0 saturated carbocycles. The summed E-state index contributed by atoms with van der Waals surface area (Å²) in [6.07, 6.45) is 1.04. The number of likely N-dealkylation sites (tertiary alicyclic amines) is 1. The molecule has 1 saturated heterocycles. The first-order valence-corrected chi connectivity index (χ1v) is 6.30. The Morgan fingerprint density at radius 3 is 2.94 bits per heavy atom. The zero-order valence-electron chi connectivity index (χ0n) is 10.2. The average molecular weight is 247 g/mol. The van der Waals surface area contributed by atoms with Crippen LogP contribution in [0.1, 0.15) is 6.42 Å². The van der Waals surface area contributed by atoms with E-state index in [0.29, 0.717) is 12.1 Å². The first kappa shape index (κ1) is 11.5. The van der Waals surface area contributed by atoms with Crippen molar-refractivity contribution in [1.82, 2.24) is 9.47 Å². The number of fused-ring (bicyclic) bond motifs is 1. The van der Waals surface area contributed by atoms with Gasteiger partial charge >= 0.3 is 5.76 Å². The third kappa shape index (κ3) is 2.07. The first-order chi connectivity index (χ1) is 8.74. The molecule has 5 nitrogen and oxygen atoms in total. The lowest BCUT2D eigenvalue weighted by Crippen LogP contribution is -2.30. The van der Waals surface area contributed by atoms with Gasteiger partial charge in [0, 0.05) is 25.7 Å². The lowest BCUT2D eigenvalue weighted by atomic mass is 10.3. The van der Waals surface area contributed by atoms with Gasteiger partial charge in [-0.2, -0.15) is 0 Å². The topological polar surface area (TPSA) is 64.4 Å². The molecule has 3 rings (SSSR count). The van der Waals surface area contributed by atoms with Crippen molar-refractivity contribution in [3.63, 3.8) is 0 Å². The summed E-state index contributed by atoms with van der Waals surface area (Å²) in [5.74, 6) is -0.278. The highest BCUT2D eigenvalue weighted by Crippen LogP contribution is 2.12. The van der Waals surface area contributed by atoms with Crippen LogP contribution in [0.4, 0.5) is 0 Å². The number of oxazole rings is 1. The Morgan fingerprint density at radius 2 is 2.17 bits per heavy atom. The van der Waals surface area contributed by atoms with E-state index < -0.39 is 0 Å². The van der Waals surface area contributed by atoms with Gasteiger partial charge in [-0.1, -0.05) is 12.1 Å². The normalized spacial score (nSPS) is 20.8. The summed E-state index contributed by atoms with van der Waals surface area (Å²) < 4.78 is 6.89. The smallest absolute Gasteiger partial charge is 0.408 e. The molecule has 1 unspecified atom stereocenters. The van der Waals surface area contributed by atoms with E-state index in [1.54, 1.807) is 4.57 Å². The number of benzene rings is 1. The van der Waals surface area contributed by atoms with Crippen LogP contribution in [0.2, 0.25) is 0 Å². The number of hydrogen-bond donors (Lipinski definition) is 1. The summed E-state index contributed by atoms with van der Waals surface area (Å²) in [4.78, 5) is 14.1. The molecule has 0 spiro atoms. The van der Waals surface area contributed by atoms with Gasteiger partial charge in [0.2, 0.25) is 0 Å². The van der Waals surface area contributed by atoms with Gasteiger partial charge in [0.15, 0.2) is 5.58 Å². The molecule has 1 fully saturated rings. The molecule has 5 heteroatoms. The number of aromatic nitrogens is 1. The fourth-order valence-corrected chi connectivity index (χ4v) is 2.53. The fourth-order valence-electron chi connectivity index (χ4n) is 2.53. The Bertz CT molecular complexity index is 602. The van der Waals surface area contributed by atoms with Crippen LogP contribution in [0.5, 0.6) is 0 Å². The van der Waals surface area contributed by atoms with E-state index in [0.717, 1.165) is 31.6 Å². The number of nitrogens with two attached hydrogens (primary N) is 1. The third-order valence-corrected chi connectivity index (χ3v) is 3.52. The maximum Gasteiger partial charge on any atom is 0.419 e. The second kappa shape index (κ2) is 4.59. The van der Waals surface area contributed by atoms with Crippen molar-refractivity contribution >= 4 is 11.1 Å². The van der Waals surface area contributed by atoms with Crippen molar-refractivity contribution in [2.75, 3.05) is 19.6 Å². The second-order valence-electron chi connectivity index (χ2n) is 4.84. The van der Waals surface area contributed by atoms with Gasteiger partial charge in [0.25, 0.3) is 0 Å². The minimum absolute atomic E-state index is 0.278. The average Bonchev–Trinajstić information content (AvgIpc) is 2.90. The Hall–Kier alpha value is -1.59. The number of nitrogens with zero attached hydrogens (tertiary/aromatic N) is 2. The van der Waals surface area contributed by atoms with Crippen LogP contribution in [-0.2, 0) is 6.54 Å². The molecule has 1 atom stereocenters. The summed E-state index contributed by atoms with van der Waals surface area (Å²) in [5, 5.41) is 0. The maximum atomic E-state index is 11.8. The molecule has 96 valence electrons. The van der Waals surface area contributed by atoms with Crippen LogP contribution in [0.3, 0.4) is 0 Å². The van der Waals surface area contributed by atoms with E-state index in [1.165, 1.54) is 0 Å². The largest absolute Gasteiger partial charge is 0.419 e. The predicted molar refractivity (Wildman–Crippen MR) is 69.5 cm³/mol. The van der Waals surface area contributed by atoms with E-state index in [2.05, 4.69) is 4.90 Å². The number of rotatable bonds is 3.